The predicted molar refractivity (Wildman–Crippen MR) is 201 cm³/mol. The van der Waals surface area contributed by atoms with Crippen molar-refractivity contribution in [1.82, 2.24) is 0 Å². The fraction of sp³-hybridized carbons (Fsp3) is 0.128. The van der Waals surface area contributed by atoms with E-state index in [0.29, 0.717) is 3.63 Å². The first-order valence-electron chi connectivity index (χ1n) is 17.4. The van der Waals surface area contributed by atoms with Gasteiger partial charge in [0, 0.05) is 0 Å². The Kier molecular flexibility index (Phi) is 11.5. The number of hydrogen-bond donors (Lipinski definition) is 0. The van der Waals surface area contributed by atoms with E-state index in [1.54, 1.807) is 17.6 Å². The summed E-state index contributed by atoms with van der Waals surface area (Å²) in [6, 6.07) is 59.7. The SMILES string of the molecule is CCc1ccc2c(c1)[CH]([Zr+2]([C]1=C(c3ccccc3)C=C(c3ccccc3)C1)=[C](c1ccccc1)c1ccccc1)c1cc(CC)ccc1-2.[Cl-].[Cl-]. The molecule has 2 aliphatic carbocycles. The van der Waals surface area contributed by atoms with Crippen LogP contribution >= 0.6 is 0 Å². The van der Waals surface area contributed by atoms with Crippen molar-refractivity contribution in [2.24, 2.45) is 0 Å². The second-order valence-corrected chi connectivity index (χ2v) is 19.1. The van der Waals surface area contributed by atoms with Gasteiger partial charge in [-0.05, 0) is 0 Å². The smallest absolute Gasteiger partial charge is 1.00 e. The third-order valence-electron chi connectivity index (χ3n) is 10.2. The molecule has 8 rings (SSSR count). The van der Waals surface area contributed by atoms with Crippen LogP contribution in [0.1, 0.15) is 68.4 Å². The Hall–Kier alpha value is -3.87. The molecule has 0 radical (unpaired) electrons. The number of fused-ring (bicyclic) bond motifs is 3. The van der Waals surface area contributed by atoms with E-state index < -0.39 is 21.3 Å². The Morgan fingerprint density at radius 3 is 1.44 bits per heavy atom. The van der Waals surface area contributed by atoms with Gasteiger partial charge in [0.1, 0.15) is 0 Å². The molecule has 0 bridgehead atoms. The molecule has 246 valence electrons. The van der Waals surface area contributed by atoms with Gasteiger partial charge >= 0.3 is 295 Å². The van der Waals surface area contributed by atoms with Crippen LogP contribution in [0.5, 0.6) is 0 Å². The number of hydrogen-bond acceptors (Lipinski definition) is 0. The van der Waals surface area contributed by atoms with Crippen LogP contribution in [-0.4, -0.2) is 3.21 Å². The molecule has 0 heterocycles. The van der Waals surface area contributed by atoms with Crippen molar-refractivity contribution in [2.75, 3.05) is 0 Å². The molecule has 0 nitrogen and oxygen atoms in total. The van der Waals surface area contributed by atoms with E-state index in [0.717, 1.165) is 19.3 Å². The fourth-order valence-corrected chi connectivity index (χ4v) is 17.4. The topological polar surface area (TPSA) is 0 Å². The molecule has 0 amide bonds. The largest absolute Gasteiger partial charge is 1.00 e. The number of halogens is 2. The maximum absolute atomic E-state index is 3.00. The van der Waals surface area contributed by atoms with E-state index in [1.165, 1.54) is 55.7 Å². The second-order valence-electron chi connectivity index (χ2n) is 13.0. The average Bonchev–Trinajstić information content (AvgIpc) is 3.74. The summed E-state index contributed by atoms with van der Waals surface area (Å²) in [5.41, 5.74) is 17.1. The minimum atomic E-state index is -3.00. The molecule has 0 fully saturated rings. The molecule has 0 aromatic heterocycles. The first kappa shape index (κ1) is 35.9. The van der Waals surface area contributed by atoms with Crippen LogP contribution in [0.3, 0.4) is 0 Å². The molecule has 0 aliphatic heterocycles. The summed E-state index contributed by atoms with van der Waals surface area (Å²) in [5, 5.41) is 0. The molecule has 0 unspecified atom stereocenters. The minimum absolute atomic E-state index is 0. The zero-order valence-electron chi connectivity index (χ0n) is 28.5. The number of benzene rings is 6. The molecule has 2 aliphatic rings. The van der Waals surface area contributed by atoms with Crippen LogP contribution in [0.2, 0.25) is 0 Å². The summed E-state index contributed by atoms with van der Waals surface area (Å²) in [5.74, 6) is 0. The van der Waals surface area contributed by atoms with Crippen LogP contribution in [0.25, 0.3) is 22.3 Å². The molecule has 0 N–H and O–H groups in total. The van der Waals surface area contributed by atoms with Gasteiger partial charge in [0.15, 0.2) is 0 Å². The van der Waals surface area contributed by atoms with E-state index >= 15 is 0 Å². The first-order valence-corrected chi connectivity index (χ1v) is 21.3. The normalized spacial score (nSPS) is 12.9. The van der Waals surface area contributed by atoms with Gasteiger partial charge in [0.25, 0.3) is 0 Å². The summed E-state index contributed by atoms with van der Waals surface area (Å²) < 4.78 is 3.65. The Morgan fingerprint density at radius 2 is 0.980 bits per heavy atom. The van der Waals surface area contributed by atoms with Gasteiger partial charge in [-0.2, -0.15) is 0 Å². The Bertz CT molecular complexity index is 2100. The predicted octanol–water partition coefficient (Wildman–Crippen LogP) is 5.68. The minimum Gasteiger partial charge on any atom is -1.00 e. The van der Waals surface area contributed by atoms with E-state index in [9.17, 15) is 0 Å². The van der Waals surface area contributed by atoms with Gasteiger partial charge in [-0.1, -0.05) is 0 Å². The van der Waals surface area contributed by atoms with Crippen molar-refractivity contribution in [3.63, 3.8) is 0 Å². The Morgan fingerprint density at radius 1 is 0.540 bits per heavy atom. The summed E-state index contributed by atoms with van der Waals surface area (Å²) in [6.45, 7) is 4.59. The van der Waals surface area contributed by atoms with E-state index in [4.69, 9.17) is 0 Å². The second kappa shape index (κ2) is 16.0. The first-order chi connectivity index (χ1) is 23.7. The number of rotatable bonds is 8. The molecule has 3 heteroatoms. The molecule has 0 spiro atoms. The maximum atomic E-state index is 2.57. The molecule has 6 aromatic carbocycles. The number of allylic oxidation sites excluding steroid dienone is 4. The van der Waals surface area contributed by atoms with Crippen molar-refractivity contribution >= 4 is 14.4 Å². The van der Waals surface area contributed by atoms with Crippen LogP contribution in [0, 0.1) is 0 Å². The molecule has 0 atom stereocenters. The maximum Gasteiger partial charge on any atom is -1.00 e. The van der Waals surface area contributed by atoms with E-state index in [2.05, 4.69) is 178 Å². The fourth-order valence-electron chi connectivity index (χ4n) is 7.82. The van der Waals surface area contributed by atoms with Crippen molar-refractivity contribution in [1.29, 1.82) is 0 Å². The van der Waals surface area contributed by atoms with Crippen LogP contribution in [-0.2, 0) is 34.1 Å². The quantitative estimate of drug-likeness (QED) is 0.188. The summed E-state index contributed by atoms with van der Waals surface area (Å²) >= 11 is -3.00. The van der Waals surface area contributed by atoms with Crippen LogP contribution in [0.15, 0.2) is 167 Å². The third kappa shape index (κ3) is 6.77. The summed E-state index contributed by atoms with van der Waals surface area (Å²) in [7, 11) is 0. The van der Waals surface area contributed by atoms with Gasteiger partial charge < -0.3 is 24.8 Å². The van der Waals surface area contributed by atoms with Crippen LogP contribution in [0.4, 0.5) is 0 Å². The zero-order valence-corrected chi connectivity index (χ0v) is 32.5. The van der Waals surface area contributed by atoms with Crippen LogP contribution < -0.4 is 24.8 Å². The third-order valence-corrected chi connectivity index (χ3v) is 18.6. The van der Waals surface area contributed by atoms with E-state index in [-0.39, 0.29) is 24.8 Å². The van der Waals surface area contributed by atoms with Gasteiger partial charge in [-0.15, -0.1) is 0 Å². The molecule has 0 saturated heterocycles. The van der Waals surface area contributed by atoms with Gasteiger partial charge in [-0.25, -0.2) is 0 Å². The number of aryl methyl sites for hydroxylation is 2. The van der Waals surface area contributed by atoms with E-state index in [1.807, 2.05) is 0 Å². The Balaban J connectivity index is 0.00000216. The summed E-state index contributed by atoms with van der Waals surface area (Å²) in [4.78, 5) is 0. The molecule has 6 aromatic rings. The molecular weight excluding hydrogens is 727 g/mol. The molecule has 0 saturated carbocycles. The monoisotopic (exact) mass is 764 g/mol. The average molecular weight is 767 g/mol. The Labute approximate surface area is 317 Å². The van der Waals surface area contributed by atoms with Crippen molar-refractivity contribution in [3.8, 4) is 11.1 Å². The summed E-state index contributed by atoms with van der Waals surface area (Å²) in [6.07, 6.45) is 5.62. The molecule has 50 heavy (non-hydrogen) atoms. The van der Waals surface area contributed by atoms with Crippen molar-refractivity contribution in [2.45, 2.75) is 36.7 Å². The van der Waals surface area contributed by atoms with Crippen molar-refractivity contribution < 1.29 is 46.1 Å². The zero-order chi connectivity index (χ0) is 32.5. The van der Waals surface area contributed by atoms with Gasteiger partial charge in [-0.3, -0.25) is 0 Å². The molecular formula is C47H40Cl2Zr. The van der Waals surface area contributed by atoms with Gasteiger partial charge in [0.2, 0.25) is 0 Å². The van der Waals surface area contributed by atoms with Gasteiger partial charge in [0.05, 0.1) is 0 Å². The van der Waals surface area contributed by atoms with Crippen molar-refractivity contribution in [3.05, 3.63) is 212 Å². The standard InChI is InChI=1S/C17H17.C17H13.C13H10.2ClH.Zr/c1-3-12-5-7-16-14(9-12)11-15-10-13(4-2)6-8-17(15)16;1-3-7-14(8-4-1)16-11-12-17(13-16)15-9-5-2-6-10-15;1-3-7-12(8-4-1)11-13-9-5-2-6-10-13;;;/h5-11H,3-4H2,1-2H3;1-10,13H,11H2;1-10H;2*1H;/q;;;;;+2/p-2.